The molecule has 11 heavy (non-hydrogen) atoms. The molecule has 0 unspecified atom stereocenters. The summed E-state index contributed by atoms with van der Waals surface area (Å²) < 4.78 is 4.65. The molecule has 0 aromatic carbocycles. The average Bonchev–Trinajstić information content (AvgIpc) is 1.86. The van der Waals surface area contributed by atoms with Crippen LogP contribution < -0.4 is 0 Å². The SMILES string of the molecule is C=NOCOC(=O)C(C)(C)C. The minimum absolute atomic E-state index is 0.167. The maximum absolute atomic E-state index is 11.0. The number of carbonyl (C=O) groups is 1. The van der Waals surface area contributed by atoms with Crippen molar-refractivity contribution >= 4 is 12.7 Å². The van der Waals surface area contributed by atoms with E-state index in [1.54, 1.807) is 20.8 Å². The van der Waals surface area contributed by atoms with Crippen LogP contribution in [0.2, 0.25) is 0 Å². The molecule has 0 bridgehead atoms. The molecule has 0 saturated carbocycles. The van der Waals surface area contributed by atoms with Crippen molar-refractivity contribution in [1.29, 1.82) is 0 Å². The van der Waals surface area contributed by atoms with Crippen LogP contribution in [0.3, 0.4) is 0 Å². The van der Waals surface area contributed by atoms with Gasteiger partial charge in [-0.25, -0.2) is 0 Å². The first-order valence-electron chi connectivity index (χ1n) is 3.23. The first-order chi connectivity index (χ1) is 4.98. The van der Waals surface area contributed by atoms with Crippen molar-refractivity contribution in [1.82, 2.24) is 0 Å². The van der Waals surface area contributed by atoms with Crippen LogP contribution in [0.1, 0.15) is 20.8 Å². The minimum atomic E-state index is -0.496. The predicted octanol–water partition coefficient (Wildman–Crippen LogP) is 1.17. The third kappa shape index (κ3) is 4.36. The smallest absolute Gasteiger partial charge is 0.314 e. The number of esters is 1. The molecule has 0 aliphatic carbocycles. The number of rotatable bonds is 3. The standard InChI is InChI=1S/C7H13NO3/c1-7(2,3)6(9)10-5-11-8-4/h4-5H2,1-3H3. The molecule has 0 amide bonds. The lowest BCUT2D eigenvalue weighted by Gasteiger charge is -2.15. The third-order valence-corrected chi connectivity index (χ3v) is 0.946. The van der Waals surface area contributed by atoms with E-state index in [1.165, 1.54) is 0 Å². The summed E-state index contributed by atoms with van der Waals surface area (Å²) in [5.74, 6) is -0.318. The molecule has 0 radical (unpaired) electrons. The van der Waals surface area contributed by atoms with Gasteiger partial charge in [-0.3, -0.25) is 4.79 Å². The van der Waals surface area contributed by atoms with Crippen LogP contribution in [0.5, 0.6) is 0 Å². The van der Waals surface area contributed by atoms with Gasteiger partial charge in [0.25, 0.3) is 6.79 Å². The summed E-state index contributed by atoms with van der Waals surface area (Å²) in [6.45, 7) is 8.17. The molecule has 0 rings (SSSR count). The molecule has 0 atom stereocenters. The fourth-order valence-corrected chi connectivity index (χ4v) is 0.334. The Kier molecular flexibility index (Phi) is 3.57. The van der Waals surface area contributed by atoms with Gasteiger partial charge in [-0.2, -0.15) is 0 Å². The van der Waals surface area contributed by atoms with Gasteiger partial charge in [0.1, 0.15) is 0 Å². The Morgan fingerprint density at radius 1 is 1.55 bits per heavy atom. The Labute approximate surface area is 66.2 Å². The normalized spacial score (nSPS) is 10.5. The molecule has 4 nitrogen and oxygen atoms in total. The van der Waals surface area contributed by atoms with Gasteiger partial charge in [-0.05, 0) is 20.8 Å². The molecule has 0 aliphatic heterocycles. The highest BCUT2D eigenvalue weighted by atomic mass is 16.8. The molecule has 0 N–H and O–H groups in total. The Morgan fingerprint density at radius 2 is 2.09 bits per heavy atom. The number of nitrogens with zero attached hydrogens (tertiary/aromatic N) is 1. The zero-order chi connectivity index (χ0) is 8.91. The lowest BCUT2D eigenvalue weighted by Crippen LogP contribution is -2.23. The molecule has 64 valence electrons. The first kappa shape index (κ1) is 9.94. The molecule has 0 heterocycles. The van der Waals surface area contributed by atoms with Crippen molar-refractivity contribution in [3.05, 3.63) is 0 Å². The van der Waals surface area contributed by atoms with Crippen molar-refractivity contribution in [3.8, 4) is 0 Å². The monoisotopic (exact) mass is 159 g/mol. The van der Waals surface area contributed by atoms with Gasteiger partial charge >= 0.3 is 5.97 Å². The lowest BCUT2D eigenvalue weighted by molar-refractivity contribution is -0.165. The summed E-state index contributed by atoms with van der Waals surface area (Å²) in [6, 6.07) is 0. The highest BCUT2D eigenvalue weighted by Gasteiger charge is 2.22. The molecule has 0 fully saturated rings. The Balaban J connectivity index is 3.62. The third-order valence-electron chi connectivity index (χ3n) is 0.946. The van der Waals surface area contributed by atoms with Crippen molar-refractivity contribution in [3.63, 3.8) is 0 Å². The Morgan fingerprint density at radius 3 is 2.45 bits per heavy atom. The van der Waals surface area contributed by atoms with Gasteiger partial charge in [0.15, 0.2) is 0 Å². The van der Waals surface area contributed by atoms with E-state index in [4.69, 9.17) is 0 Å². The van der Waals surface area contributed by atoms with E-state index < -0.39 is 5.41 Å². The van der Waals surface area contributed by atoms with Crippen LogP contribution in [0.15, 0.2) is 5.16 Å². The second-order valence-electron chi connectivity index (χ2n) is 3.06. The van der Waals surface area contributed by atoms with E-state index in [-0.39, 0.29) is 12.8 Å². The van der Waals surface area contributed by atoms with Crippen molar-refractivity contribution in [2.24, 2.45) is 10.6 Å². The lowest BCUT2D eigenvalue weighted by atomic mass is 9.98. The number of hydrogen-bond acceptors (Lipinski definition) is 4. The van der Waals surface area contributed by atoms with Crippen molar-refractivity contribution < 1.29 is 14.4 Å². The van der Waals surface area contributed by atoms with E-state index in [1.807, 2.05) is 0 Å². The van der Waals surface area contributed by atoms with Gasteiger partial charge in [-0.15, -0.1) is 0 Å². The maximum Gasteiger partial charge on any atom is 0.314 e. The molecule has 0 aliphatic rings. The fraction of sp³-hybridized carbons (Fsp3) is 0.714. The van der Waals surface area contributed by atoms with E-state index in [9.17, 15) is 4.79 Å². The average molecular weight is 159 g/mol. The second-order valence-corrected chi connectivity index (χ2v) is 3.06. The summed E-state index contributed by atoms with van der Waals surface area (Å²) in [5.41, 5.74) is -0.496. The maximum atomic E-state index is 11.0. The van der Waals surface area contributed by atoms with E-state index in [0.717, 1.165) is 0 Å². The van der Waals surface area contributed by atoms with Gasteiger partial charge in [-0.1, -0.05) is 5.16 Å². The molecule has 0 aromatic rings. The summed E-state index contributed by atoms with van der Waals surface area (Å²) in [7, 11) is 0. The highest BCUT2D eigenvalue weighted by Crippen LogP contribution is 2.14. The number of ether oxygens (including phenoxy) is 1. The first-order valence-corrected chi connectivity index (χ1v) is 3.23. The quantitative estimate of drug-likeness (QED) is 0.204. The second kappa shape index (κ2) is 3.95. The van der Waals surface area contributed by atoms with E-state index in [2.05, 4.69) is 21.4 Å². The molecule has 0 saturated heterocycles. The molecule has 0 spiro atoms. The zero-order valence-corrected chi connectivity index (χ0v) is 7.09. The van der Waals surface area contributed by atoms with Crippen molar-refractivity contribution in [2.75, 3.05) is 6.79 Å². The summed E-state index contributed by atoms with van der Waals surface area (Å²) in [6.07, 6.45) is 0. The molecule has 0 aromatic heterocycles. The number of hydrogen-bond donors (Lipinski definition) is 0. The minimum Gasteiger partial charge on any atom is -0.425 e. The van der Waals surface area contributed by atoms with Gasteiger partial charge in [0.2, 0.25) is 0 Å². The van der Waals surface area contributed by atoms with E-state index in [0.29, 0.717) is 0 Å². The molecular weight excluding hydrogens is 146 g/mol. The van der Waals surface area contributed by atoms with Crippen LogP contribution in [-0.2, 0) is 14.4 Å². The van der Waals surface area contributed by atoms with Crippen LogP contribution in [0.4, 0.5) is 0 Å². The van der Waals surface area contributed by atoms with E-state index >= 15 is 0 Å². The summed E-state index contributed by atoms with van der Waals surface area (Å²) in [5, 5.41) is 3.06. The summed E-state index contributed by atoms with van der Waals surface area (Å²) >= 11 is 0. The number of oxime groups is 1. The van der Waals surface area contributed by atoms with Crippen LogP contribution in [0, 0.1) is 5.41 Å². The van der Waals surface area contributed by atoms with Gasteiger partial charge in [0.05, 0.1) is 5.41 Å². The van der Waals surface area contributed by atoms with Crippen LogP contribution in [0.25, 0.3) is 0 Å². The Hall–Kier alpha value is -1.06. The Bertz CT molecular complexity index is 148. The van der Waals surface area contributed by atoms with Crippen LogP contribution >= 0.6 is 0 Å². The predicted molar refractivity (Wildman–Crippen MR) is 41.0 cm³/mol. The van der Waals surface area contributed by atoms with Gasteiger partial charge < -0.3 is 9.57 Å². The zero-order valence-electron chi connectivity index (χ0n) is 7.09. The van der Waals surface area contributed by atoms with Gasteiger partial charge in [0, 0.05) is 6.72 Å². The highest BCUT2D eigenvalue weighted by molar-refractivity contribution is 5.75. The number of carbonyl (C=O) groups excluding carboxylic acids is 1. The fourth-order valence-electron chi connectivity index (χ4n) is 0.334. The topological polar surface area (TPSA) is 47.9 Å². The largest absolute Gasteiger partial charge is 0.425 e. The van der Waals surface area contributed by atoms with Crippen molar-refractivity contribution in [2.45, 2.75) is 20.8 Å². The summed E-state index contributed by atoms with van der Waals surface area (Å²) in [4.78, 5) is 15.3. The molecule has 4 heteroatoms. The van der Waals surface area contributed by atoms with Crippen LogP contribution in [-0.4, -0.2) is 19.5 Å². The molecular formula is C7H13NO3.